The van der Waals surface area contributed by atoms with Crippen LogP contribution in [0, 0.1) is 23.5 Å². The fourth-order valence-corrected chi connectivity index (χ4v) is 6.79. The van der Waals surface area contributed by atoms with Gasteiger partial charge in [0.2, 0.25) is 0 Å². The Hall–Kier alpha value is -4.88. The molecule has 3 heterocycles. The molecule has 50 heavy (non-hydrogen) atoms. The number of hydrogen-bond donors (Lipinski definition) is 0. The molecular formula is C45H39IrN3O-2. The smallest absolute Gasteiger partial charge is 0.130 e. The van der Waals surface area contributed by atoms with Crippen molar-refractivity contribution in [3.63, 3.8) is 0 Å². The van der Waals surface area contributed by atoms with E-state index in [0.29, 0.717) is 11.5 Å². The minimum Gasteiger partial charge on any atom is -0.500 e. The van der Waals surface area contributed by atoms with E-state index in [1.165, 1.54) is 43.2 Å². The molecule has 4 nitrogen and oxygen atoms in total. The molecular weight excluding hydrogens is 791 g/mol. The molecule has 0 unspecified atom stereocenters. The van der Waals surface area contributed by atoms with E-state index in [0.717, 1.165) is 55.6 Å². The predicted octanol–water partition coefficient (Wildman–Crippen LogP) is 11.9. The zero-order valence-electron chi connectivity index (χ0n) is 28.7. The van der Waals surface area contributed by atoms with Crippen LogP contribution >= 0.6 is 0 Å². The quantitative estimate of drug-likeness (QED) is 0.166. The summed E-state index contributed by atoms with van der Waals surface area (Å²) >= 11 is 0. The predicted molar refractivity (Wildman–Crippen MR) is 199 cm³/mol. The van der Waals surface area contributed by atoms with E-state index in [1.54, 1.807) is 6.20 Å². The van der Waals surface area contributed by atoms with Crippen molar-refractivity contribution in [2.75, 3.05) is 0 Å². The number of fused-ring (bicyclic) bond motifs is 3. The van der Waals surface area contributed by atoms with Crippen LogP contribution in [0.5, 0.6) is 0 Å². The summed E-state index contributed by atoms with van der Waals surface area (Å²) in [5, 5.41) is 11.9. The Morgan fingerprint density at radius 2 is 1.52 bits per heavy atom. The first-order valence-corrected chi connectivity index (χ1v) is 17.2. The molecule has 1 saturated carbocycles. The Bertz CT molecular complexity index is 2220. The molecule has 1 aliphatic rings. The van der Waals surface area contributed by atoms with Gasteiger partial charge in [-0.05, 0) is 64.4 Å². The van der Waals surface area contributed by atoms with E-state index in [9.17, 15) is 5.26 Å². The molecule has 4 aromatic carbocycles. The van der Waals surface area contributed by atoms with Gasteiger partial charge in [0.25, 0.3) is 0 Å². The molecule has 0 atom stereocenters. The van der Waals surface area contributed by atoms with Crippen molar-refractivity contribution >= 4 is 21.9 Å². The van der Waals surface area contributed by atoms with E-state index in [4.69, 9.17) is 4.42 Å². The zero-order valence-corrected chi connectivity index (χ0v) is 31.1. The fourth-order valence-electron chi connectivity index (χ4n) is 6.79. The van der Waals surface area contributed by atoms with Gasteiger partial charge < -0.3 is 14.4 Å². The van der Waals surface area contributed by atoms with Crippen LogP contribution in [-0.2, 0) is 25.5 Å². The van der Waals surface area contributed by atoms with Crippen molar-refractivity contribution in [2.45, 2.75) is 64.2 Å². The van der Waals surface area contributed by atoms with Gasteiger partial charge in [-0.3, -0.25) is 0 Å². The molecule has 0 saturated heterocycles. The first-order valence-electron chi connectivity index (χ1n) is 17.2. The largest absolute Gasteiger partial charge is 0.500 e. The molecule has 0 N–H and O–H groups in total. The SMILES string of the molecule is CC(C)(C)c1ccc(-c2[c-]cccc2)nc1.N#Cc1ccc2c(oc3c(-c4ccccn4)[c-]ccc32)c1-c1ccc(C2CCCCC2)cc1.[Ir]. The second kappa shape index (κ2) is 15.3. The van der Waals surface area contributed by atoms with Crippen molar-refractivity contribution in [1.29, 1.82) is 5.26 Å². The van der Waals surface area contributed by atoms with E-state index in [1.807, 2.05) is 72.9 Å². The Morgan fingerprint density at radius 3 is 2.18 bits per heavy atom. The monoisotopic (exact) mass is 830 g/mol. The van der Waals surface area contributed by atoms with E-state index in [-0.39, 0.29) is 25.5 Å². The Morgan fingerprint density at radius 1 is 0.740 bits per heavy atom. The minimum absolute atomic E-state index is 0. The normalized spacial score (nSPS) is 13.2. The summed E-state index contributed by atoms with van der Waals surface area (Å²) < 4.78 is 6.49. The summed E-state index contributed by atoms with van der Waals surface area (Å²) in [5.41, 5.74) is 10.5. The molecule has 0 aliphatic heterocycles. The zero-order chi connectivity index (χ0) is 33.8. The molecule has 1 radical (unpaired) electrons. The van der Waals surface area contributed by atoms with Crippen LogP contribution in [0.2, 0.25) is 0 Å². The van der Waals surface area contributed by atoms with Crippen molar-refractivity contribution in [1.82, 2.24) is 9.97 Å². The third kappa shape index (κ3) is 7.34. The number of nitrogens with zero attached hydrogens (tertiary/aromatic N) is 3. The van der Waals surface area contributed by atoms with Crippen LogP contribution < -0.4 is 0 Å². The van der Waals surface area contributed by atoms with Crippen molar-refractivity contribution in [3.8, 4) is 39.7 Å². The number of benzene rings is 4. The number of aromatic nitrogens is 2. The molecule has 7 aromatic rings. The molecule has 1 aliphatic carbocycles. The Labute approximate surface area is 308 Å². The van der Waals surface area contributed by atoms with E-state index < -0.39 is 0 Å². The molecule has 0 spiro atoms. The van der Waals surface area contributed by atoms with Crippen molar-refractivity contribution < 1.29 is 24.5 Å². The van der Waals surface area contributed by atoms with Crippen LogP contribution in [0.15, 0.2) is 120 Å². The van der Waals surface area contributed by atoms with Gasteiger partial charge in [-0.1, -0.05) is 106 Å². The van der Waals surface area contributed by atoms with Crippen molar-refractivity contribution in [3.05, 3.63) is 144 Å². The topological polar surface area (TPSA) is 62.7 Å². The van der Waals surface area contributed by atoms with Gasteiger partial charge in [0.15, 0.2) is 0 Å². The third-order valence-electron chi connectivity index (χ3n) is 9.53. The summed E-state index contributed by atoms with van der Waals surface area (Å²) in [5.74, 6) is 0.654. The average Bonchev–Trinajstić information content (AvgIpc) is 3.54. The van der Waals surface area contributed by atoms with Crippen LogP contribution in [0.1, 0.15) is 75.5 Å². The Balaban J connectivity index is 0.000000215. The second-order valence-electron chi connectivity index (χ2n) is 13.8. The summed E-state index contributed by atoms with van der Waals surface area (Å²) in [4.78, 5) is 8.98. The summed E-state index contributed by atoms with van der Waals surface area (Å²) in [6.45, 7) is 6.58. The molecule has 3 aromatic heterocycles. The standard InChI is InChI=1S/C30H23N2O.C15H16N.Ir/c31-19-23-16-17-25-24-9-6-10-26(27-11-4-5-18-32-27)29(24)33-30(25)28(23)22-14-12-21(13-15-22)20-7-2-1-3-8-20;1-15(2,3)13-9-10-14(16-11-13)12-7-5-4-6-8-12;/h4-6,9,11-18,20H,1-3,7-8H2;4-7,9-11H,1-3H3;/q2*-1;. The molecule has 8 rings (SSSR count). The molecule has 5 heteroatoms. The van der Waals surface area contributed by atoms with Gasteiger partial charge in [-0.25, -0.2) is 0 Å². The van der Waals surface area contributed by atoms with Gasteiger partial charge in [-0.15, -0.1) is 54.1 Å². The average molecular weight is 830 g/mol. The maximum atomic E-state index is 9.90. The number of hydrogen-bond acceptors (Lipinski definition) is 4. The maximum absolute atomic E-state index is 9.90. The van der Waals surface area contributed by atoms with Crippen LogP contribution in [0.4, 0.5) is 0 Å². The van der Waals surface area contributed by atoms with Crippen molar-refractivity contribution in [2.24, 2.45) is 0 Å². The van der Waals surface area contributed by atoms with Gasteiger partial charge in [0, 0.05) is 43.4 Å². The van der Waals surface area contributed by atoms with Crippen LogP contribution in [0.25, 0.3) is 55.6 Å². The van der Waals surface area contributed by atoms with Crippen LogP contribution in [-0.4, -0.2) is 9.97 Å². The first kappa shape index (κ1) is 35.0. The minimum atomic E-state index is 0. The first-order chi connectivity index (χ1) is 23.9. The summed E-state index contributed by atoms with van der Waals surface area (Å²) in [6.07, 6.45) is 10.3. The number of furan rings is 1. The maximum Gasteiger partial charge on any atom is 0.130 e. The summed E-state index contributed by atoms with van der Waals surface area (Å²) in [7, 11) is 0. The molecule has 0 bridgehead atoms. The Kier molecular flexibility index (Phi) is 10.7. The van der Waals surface area contributed by atoms with Gasteiger partial charge in [-0.2, -0.15) is 5.26 Å². The molecule has 0 amide bonds. The van der Waals surface area contributed by atoms with Gasteiger partial charge >= 0.3 is 0 Å². The number of rotatable bonds is 4. The number of pyridine rings is 2. The molecule has 251 valence electrons. The van der Waals surface area contributed by atoms with E-state index in [2.05, 4.69) is 85.3 Å². The second-order valence-corrected chi connectivity index (χ2v) is 13.8. The van der Waals surface area contributed by atoms with E-state index >= 15 is 0 Å². The molecule has 1 fully saturated rings. The van der Waals surface area contributed by atoms with Gasteiger partial charge in [0.05, 0.1) is 17.2 Å². The van der Waals surface area contributed by atoms with Gasteiger partial charge in [0.1, 0.15) is 5.58 Å². The van der Waals surface area contributed by atoms with Crippen LogP contribution in [0.3, 0.4) is 0 Å². The number of nitriles is 1. The summed E-state index contributed by atoms with van der Waals surface area (Å²) in [6, 6.07) is 43.4. The fraction of sp³-hybridized carbons (Fsp3) is 0.222. The third-order valence-corrected chi connectivity index (χ3v) is 9.53.